The molecule has 1 N–H and O–H groups in total. The number of carbonyl (C=O) groups is 2. The molecule has 7 nitrogen and oxygen atoms in total. The molecule has 0 bridgehead atoms. The number of rotatable bonds is 7. The van der Waals surface area contributed by atoms with E-state index in [0.29, 0.717) is 5.56 Å². The quantitative estimate of drug-likeness (QED) is 0.441. The van der Waals surface area contributed by atoms with Gasteiger partial charge in [-0.15, -0.1) is 0 Å². The van der Waals surface area contributed by atoms with Crippen LogP contribution in [0.25, 0.3) is 0 Å². The van der Waals surface area contributed by atoms with Crippen molar-refractivity contribution in [2.75, 3.05) is 0 Å². The molecule has 1 unspecified atom stereocenters. The third-order valence-electron chi connectivity index (χ3n) is 3.83. The van der Waals surface area contributed by atoms with E-state index in [1.54, 1.807) is 44.2 Å². The number of hydrogen-bond acceptors (Lipinski definition) is 5. The van der Waals surface area contributed by atoms with Crippen molar-refractivity contribution in [3.63, 3.8) is 0 Å². The van der Waals surface area contributed by atoms with Gasteiger partial charge in [0, 0.05) is 12.1 Å². The lowest BCUT2D eigenvalue weighted by molar-refractivity contribution is -0.384. The average molecular weight is 391 g/mol. The Balaban J connectivity index is 2.05. The number of nitro benzene ring substituents is 1. The van der Waals surface area contributed by atoms with E-state index >= 15 is 0 Å². The minimum Gasteiger partial charge on any atom is -0.459 e. The van der Waals surface area contributed by atoms with Crippen molar-refractivity contribution < 1.29 is 19.2 Å². The third-order valence-corrected chi connectivity index (χ3v) is 4.16. The van der Waals surface area contributed by atoms with Gasteiger partial charge in [-0.3, -0.25) is 14.9 Å². The summed E-state index contributed by atoms with van der Waals surface area (Å²) in [7, 11) is 0. The molecule has 142 valence electrons. The Morgan fingerprint density at radius 2 is 1.89 bits per heavy atom. The molecule has 27 heavy (non-hydrogen) atoms. The van der Waals surface area contributed by atoms with Crippen LogP contribution in [-0.4, -0.2) is 22.8 Å². The molecule has 0 aromatic heterocycles. The topological polar surface area (TPSA) is 98.5 Å². The highest BCUT2D eigenvalue weighted by molar-refractivity contribution is 6.33. The summed E-state index contributed by atoms with van der Waals surface area (Å²) in [5.41, 5.74) is 0.657. The first-order valence-electron chi connectivity index (χ1n) is 8.25. The van der Waals surface area contributed by atoms with E-state index in [-0.39, 0.29) is 28.8 Å². The lowest BCUT2D eigenvalue weighted by Gasteiger charge is -2.21. The van der Waals surface area contributed by atoms with Gasteiger partial charge in [-0.25, -0.2) is 4.79 Å². The zero-order valence-electron chi connectivity index (χ0n) is 14.8. The monoisotopic (exact) mass is 390 g/mol. The second-order valence-electron chi connectivity index (χ2n) is 6.21. The molecule has 0 aliphatic carbocycles. The summed E-state index contributed by atoms with van der Waals surface area (Å²) in [6.07, 6.45) is 0. The summed E-state index contributed by atoms with van der Waals surface area (Å²) in [5.74, 6) is -1.34. The van der Waals surface area contributed by atoms with E-state index in [2.05, 4.69) is 5.32 Å². The second kappa shape index (κ2) is 9.14. The van der Waals surface area contributed by atoms with E-state index in [1.165, 1.54) is 18.2 Å². The smallest absolute Gasteiger partial charge is 0.329 e. The van der Waals surface area contributed by atoms with E-state index in [1.807, 2.05) is 0 Å². The van der Waals surface area contributed by atoms with Crippen molar-refractivity contribution in [3.8, 4) is 0 Å². The normalized spacial score (nSPS) is 11.7. The molecule has 2 rings (SSSR count). The predicted molar refractivity (Wildman–Crippen MR) is 100 cm³/mol. The Morgan fingerprint density at radius 3 is 2.52 bits per heavy atom. The maximum atomic E-state index is 12.4. The first-order chi connectivity index (χ1) is 12.8. The Bertz CT molecular complexity index is 853. The number of carbonyl (C=O) groups excluding carboxylic acids is 2. The van der Waals surface area contributed by atoms with Crippen molar-refractivity contribution in [2.45, 2.75) is 26.5 Å². The number of esters is 1. The van der Waals surface area contributed by atoms with Gasteiger partial charge in [0.1, 0.15) is 12.6 Å². The second-order valence-corrected chi connectivity index (χ2v) is 6.62. The van der Waals surface area contributed by atoms with Crippen molar-refractivity contribution in [3.05, 3.63) is 74.8 Å². The molecule has 0 spiro atoms. The molecule has 0 heterocycles. The van der Waals surface area contributed by atoms with Crippen LogP contribution in [0.4, 0.5) is 5.69 Å². The highest BCUT2D eigenvalue weighted by Gasteiger charge is 2.27. The lowest BCUT2D eigenvalue weighted by atomic mass is 10.0. The molecule has 8 heteroatoms. The van der Waals surface area contributed by atoms with Crippen molar-refractivity contribution in [1.29, 1.82) is 0 Å². The number of nitrogens with zero attached hydrogens (tertiary/aromatic N) is 1. The Labute approximate surface area is 161 Å². The number of nitro groups is 1. The molecule has 0 saturated carbocycles. The maximum Gasteiger partial charge on any atom is 0.329 e. The number of hydrogen-bond donors (Lipinski definition) is 1. The zero-order chi connectivity index (χ0) is 20.0. The summed E-state index contributed by atoms with van der Waals surface area (Å²) in [6, 6.07) is 11.5. The van der Waals surface area contributed by atoms with Gasteiger partial charge in [0.2, 0.25) is 0 Å². The van der Waals surface area contributed by atoms with Crippen LogP contribution >= 0.6 is 11.6 Å². The van der Waals surface area contributed by atoms with Gasteiger partial charge in [-0.1, -0.05) is 49.7 Å². The van der Waals surface area contributed by atoms with Gasteiger partial charge in [-0.05, 0) is 23.6 Å². The number of nitrogens with one attached hydrogen (secondary N) is 1. The largest absolute Gasteiger partial charge is 0.459 e. The summed E-state index contributed by atoms with van der Waals surface area (Å²) in [4.78, 5) is 35.1. The van der Waals surface area contributed by atoms with Crippen molar-refractivity contribution in [2.24, 2.45) is 5.92 Å². The van der Waals surface area contributed by atoms with Crippen LogP contribution in [0.2, 0.25) is 5.02 Å². The van der Waals surface area contributed by atoms with Gasteiger partial charge < -0.3 is 10.1 Å². The van der Waals surface area contributed by atoms with Gasteiger partial charge in [0.05, 0.1) is 15.5 Å². The molecular weight excluding hydrogens is 372 g/mol. The first kappa shape index (κ1) is 20.4. The fourth-order valence-electron chi connectivity index (χ4n) is 2.37. The minimum atomic E-state index is -0.882. The Morgan fingerprint density at radius 1 is 1.19 bits per heavy atom. The van der Waals surface area contributed by atoms with Crippen LogP contribution in [0.15, 0.2) is 48.5 Å². The first-order valence-corrected chi connectivity index (χ1v) is 8.62. The molecule has 1 amide bonds. The summed E-state index contributed by atoms with van der Waals surface area (Å²) >= 11 is 6.01. The van der Waals surface area contributed by atoms with Crippen LogP contribution < -0.4 is 5.32 Å². The Hall–Kier alpha value is -2.93. The maximum absolute atomic E-state index is 12.4. The SMILES string of the molecule is CC(C)C(NC(=O)c1ccccc1Cl)C(=O)OCc1cccc([N+](=O)[O-])c1. The van der Waals surface area contributed by atoms with Crippen LogP contribution in [-0.2, 0) is 16.1 Å². The van der Waals surface area contributed by atoms with E-state index in [0.717, 1.165) is 0 Å². The zero-order valence-corrected chi connectivity index (χ0v) is 15.6. The summed E-state index contributed by atoms with van der Waals surface area (Å²) < 4.78 is 5.24. The summed E-state index contributed by atoms with van der Waals surface area (Å²) in [6.45, 7) is 3.41. The number of non-ortho nitro benzene ring substituents is 1. The van der Waals surface area contributed by atoms with E-state index in [4.69, 9.17) is 16.3 Å². The van der Waals surface area contributed by atoms with Crippen LogP contribution in [0.3, 0.4) is 0 Å². The average Bonchev–Trinajstić information content (AvgIpc) is 2.64. The van der Waals surface area contributed by atoms with Gasteiger partial charge in [0.15, 0.2) is 0 Å². The van der Waals surface area contributed by atoms with Crippen molar-refractivity contribution in [1.82, 2.24) is 5.32 Å². The Kier molecular flexibility index (Phi) is 6.90. The third kappa shape index (κ3) is 5.52. The van der Waals surface area contributed by atoms with Crippen molar-refractivity contribution >= 4 is 29.2 Å². The molecule has 0 fully saturated rings. The number of amides is 1. The van der Waals surface area contributed by atoms with E-state index < -0.39 is 22.8 Å². The highest BCUT2D eigenvalue weighted by Crippen LogP contribution is 2.17. The van der Waals surface area contributed by atoms with Gasteiger partial charge in [-0.2, -0.15) is 0 Å². The number of ether oxygens (including phenoxy) is 1. The molecule has 1 atom stereocenters. The molecule has 2 aromatic carbocycles. The molecule has 2 aromatic rings. The lowest BCUT2D eigenvalue weighted by Crippen LogP contribution is -2.45. The van der Waals surface area contributed by atoms with Crippen LogP contribution in [0.5, 0.6) is 0 Å². The van der Waals surface area contributed by atoms with Crippen LogP contribution in [0.1, 0.15) is 29.8 Å². The van der Waals surface area contributed by atoms with Gasteiger partial charge >= 0.3 is 5.97 Å². The summed E-state index contributed by atoms with van der Waals surface area (Å²) in [5, 5.41) is 13.7. The standard InChI is InChI=1S/C19H19ClN2O5/c1-12(2)17(21-18(23)15-8-3-4-9-16(15)20)19(24)27-11-13-6-5-7-14(10-13)22(25)26/h3-10,12,17H,11H2,1-2H3,(H,21,23). The molecule has 0 radical (unpaired) electrons. The fraction of sp³-hybridized carbons (Fsp3) is 0.263. The number of benzene rings is 2. The molecule has 0 aliphatic rings. The predicted octanol–water partition coefficient (Wildman–Crippen LogP) is 3.75. The molecule has 0 aliphatic heterocycles. The van der Waals surface area contributed by atoms with Gasteiger partial charge in [0.25, 0.3) is 11.6 Å². The van der Waals surface area contributed by atoms with Crippen LogP contribution in [0, 0.1) is 16.0 Å². The minimum absolute atomic E-state index is 0.0871. The molecule has 0 saturated heterocycles. The fourth-order valence-corrected chi connectivity index (χ4v) is 2.59. The molecular formula is C19H19ClN2O5. The highest BCUT2D eigenvalue weighted by atomic mass is 35.5. The van der Waals surface area contributed by atoms with E-state index in [9.17, 15) is 19.7 Å². The number of halogens is 1.